The molecule has 5 nitrogen and oxygen atoms in total. The molecule has 21 heavy (non-hydrogen) atoms. The molecule has 112 valence electrons. The Balaban J connectivity index is 2.01. The number of carbonyl (C=O) groups is 1. The van der Waals surface area contributed by atoms with Crippen molar-refractivity contribution in [2.45, 2.75) is 10.5 Å². The topological polar surface area (TPSA) is 80.9 Å². The second-order valence-corrected chi connectivity index (χ2v) is 5.85. The van der Waals surface area contributed by atoms with Crippen LogP contribution in [0.15, 0.2) is 28.9 Å². The number of alkyl halides is 3. The van der Waals surface area contributed by atoms with Gasteiger partial charge in [-0.15, -0.1) is 0 Å². The summed E-state index contributed by atoms with van der Waals surface area (Å²) in [5, 5.41) is 2.39. The maximum absolute atomic E-state index is 12.7. The van der Waals surface area contributed by atoms with Crippen LogP contribution in [0.5, 0.6) is 0 Å². The second-order valence-electron chi connectivity index (χ2n) is 3.84. The molecule has 0 fully saturated rings. The average molecular weight is 334 g/mol. The first-order valence-electron chi connectivity index (χ1n) is 5.52. The lowest BCUT2D eigenvalue weighted by Gasteiger charge is -2.12. The predicted octanol–water partition coefficient (Wildman–Crippen LogP) is 2.87. The number of nitrogens with zero attached hydrogens (tertiary/aromatic N) is 2. The predicted molar refractivity (Wildman–Crippen MR) is 75.1 cm³/mol. The number of anilines is 2. The summed E-state index contributed by atoms with van der Waals surface area (Å²) < 4.78 is 42.4. The van der Waals surface area contributed by atoms with Crippen molar-refractivity contribution in [1.82, 2.24) is 9.36 Å². The fourth-order valence-electron chi connectivity index (χ4n) is 1.43. The smallest absolute Gasteiger partial charge is 0.398 e. The van der Waals surface area contributed by atoms with Crippen molar-refractivity contribution in [3.8, 4) is 0 Å². The van der Waals surface area contributed by atoms with Gasteiger partial charge in [0.25, 0.3) is 0 Å². The molecule has 2 rings (SSSR count). The zero-order valence-corrected chi connectivity index (χ0v) is 12.0. The van der Waals surface area contributed by atoms with Gasteiger partial charge in [-0.3, -0.25) is 4.79 Å². The Bertz CT molecular complexity index is 631. The van der Waals surface area contributed by atoms with E-state index < -0.39 is 17.6 Å². The Kier molecular flexibility index (Phi) is 4.68. The Hall–Kier alpha value is -1.81. The number of rotatable bonds is 4. The van der Waals surface area contributed by atoms with Crippen LogP contribution in [0.1, 0.15) is 5.56 Å². The van der Waals surface area contributed by atoms with Gasteiger partial charge in [-0.2, -0.15) is 17.5 Å². The zero-order valence-electron chi connectivity index (χ0n) is 10.3. The van der Waals surface area contributed by atoms with Gasteiger partial charge in [0.2, 0.25) is 5.91 Å². The summed E-state index contributed by atoms with van der Waals surface area (Å²) in [6.45, 7) is 0. The maximum atomic E-state index is 12.7. The first kappa shape index (κ1) is 15.6. The third-order valence-corrected chi connectivity index (χ3v) is 4.11. The van der Waals surface area contributed by atoms with Gasteiger partial charge < -0.3 is 11.1 Å². The number of hydrogen-bond acceptors (Lipinski definition) is 6. The Morgan fingerprint density at radius 1 is 1.43 bits per heavy atom. The number of nitrogens with one attached hydrogen (secondary N) is 1. The van der Waals surface area contributed by atoms with Gasteiger partial charge in [-0.1, -0.05) is 11.8 Å². The van der Waals surface area contributed by atoms with E-state index in [-0.39, 0.29) is 17.1 Å². The third kappa shape index (κ3) is 4.33. The molecular formula is C11H9F3N4OS2. The van der Waals surface area contributed by atoms with E-state index in [9.17, 15) is 18.0 Å². The highest BCUT2D eigenvalue weighted by Crippen LogP contribution is 2.35. The van der Waals surface area contributed by atoms with Gasteiger partial charge in [0.1, 0.15) is 6.33 Å². The van der Waals surface area contributed by atoms with E-state index in [1.54, 1.807) is 0 Å². The molecule has 0 aliphatic heterocycles. The van der Waals surface area contributed by atoms with E-state index in [1.807, 2.05) is 0 Å². The number of benzene rings is 1. The van der Waals surface area contributed by atoms with Gasteiger partial charge >= 0.3 is 6.18 Å². The Morgan fingerprint density at radius 3 is 2.81 bits per heavy atom. The van der Waals surface area contributed by atoms with Gasteiger partial charge in [-0.25, -0.2) is 4.98 Å². The van der Waals surface area contributed by atoms with Crippen LogP contribution >= 0.6 is 23.3 Å². The fraction of sp³-hybridized carbons (Fsp3) is 0.182. The van der Waals surface area contributed by atoms with Crippen molar-refractivity contribution < 1.29 is 18.0 Å². The summed E-state index contributed by atoms with van der Waals surface area (Å²) in [6, 6.07) is 3.23. The van der Waals surface area contributed by atoms with E-state index >= 15 is 0 Å². The number of carbonyl (C=O) groups excluding carboxylic acids is 1. The monoisotopic (exact) mass is 334 g/mol. The number of halogens is 3. The van der Waals surface area contributed by atoms with E-state index in [2.05, 4.69) is 14.7 Å². The highest BCUT2D eigenvalue weighted by molar-refractivity contribution is 8.01. The molecule has 10 heteroatoms. The van der Waals surface area contributed by atoms with Crippen molar-refractivity contribution in [2.75, 3.05) is 16.8 Å². The van der Waals surface area contributed by atoms with E-state index in [0.717, 1.165) is 35.4 Å². The van der Waals surface area contributed by atoms with Gasteiger partial charge in [0.05, 0.1) is 11.3 Å². The number of thioether (sulfide) groups is 1. The number of hydrogen-bond donors (Lipinski definition) is 2. The minimum Gasteiger partial charge on any atom is -0.398 e. The molecule has 0 spiro atoms. The summed E-state index contributed by atoms with van der Waals surface area (Å²) in [4.78, 5) is 15.5. The SMILES string of the molecule is Nc1ccc(NC(=O)CSc2ncns2)cc1C(F)(F)F. The van der Waals surface area contributed by atoms with Crippen molar-refractivity contribution in [1.29, 1.82) is 0 Å². The number of amides is 1. The van der Waals surface area contributed by atoms with Crippen LogP contribution in [0.4, 0.5) is 24.5 Å². The van der Waals surface area contributed by atoms with Crippen LogP contribution in [0.25, 0.3) is 0 Å². The average Bonchev–Trinajstić information content (AvgIpc) is 2.90. The van der Waals surface area contributed by atoms with Crippen molar-refractivity contribution in [3.05, 3.63) is 30.1 Å². The highest BCUT2D eigenvalue weighted by atomic mass is 32.2. The molecule has 1 aromatic heterocycles. The molecular weight excluding hydrogens is 325 g/mol. The van der Waals surface area contributed by atoms with Gasteiger partial charge in [-0.05, 0) is 29.7 Å². The minimum atomic E-state index is -4.56. The van der Waals surface area contributed by atoms with E-state index in [1.165, 1.54) is 12.4 Å². The molecule has 1 amide bonds. The molecule has 0 aliphatic carbocycles. The van der Waals surface area contributed by atoms with E-state index in [4.69, 9.17) is 5.73 Å². The number of nitrogens with two attached hydrogens (primary N) is 1. The molecule has 1 aromatic carbocycles. The molecule has 0 bridgehead atoms. The van der Waals surface area contributed by atoms with Crippen LogP contribution in [-0.2, 0) is 11.0 Å². The lowest BCUT2D eigenvalue weighted by molar-refractivity contribution is -0.136. The standard InChI is InChI=1S/C11H9F3N4OS2/c12-11(13,14)7-3-6(1-2-8(7)15)18-9(19)4-20-10-16-5-17-21-10/h1-3,5H,4,15H2,(H,18,19). The summed E-state index contributed by atoms with van der Waals surface area (Å²) in [7, 11) is 0. The molecule has 3 N–H and O–H groups in total. The molecule has 0 unspecified atom stereocenters. The van der Waals surface area contributed by atoms with Gasteiger partial charge in [0.15, 0.2) is 4.34 Å². The maximum Gasteiger partial charge on any atom is 0.418 e. The van der Waals surface area contributed by atoms with Crippen LogP contribution in [0.3, 0.4) is 0 Å². The minimum absolute atomic E-state index is 0.0287. The second kappa shape index (κ2) is 6.31. The lowest BCUT2D eigenvalue weighted by Crippen LogP contribution is -2.15. The summed E-state index contributed by atoms with van der Waals surface area (Å²) in [5.74, 6) is -0.408. The Labute approximate surface area is 125 Å². The van der Waals surface area contributed by atoms with Crippen LogP contribution in [-0.4, -0.2) is 21.0 Å². The molecule has 0 atom stereocenters. The van der Waals surface area contributed by atoms with Crippen LogP contribution < -0.4 is 11.1 Å². The lowest BCUT2D eigenvalue weighted by atomic mass is 10.1. The molecule has 0 radical (unpaired) electrons. The molecule has 1 heterocycles. The first-order valence-corrected chi connectivity index (χ1v) is 7.28. The summed E-state index contributed by atoms with van der Waals surface area (Å²) in [6.07, 6.45) is -3.20. The van der Waals surface area contributed by atoms with E-state index in [0.29, 0.717) is 4.34 Å². The van der Waals surface area contributed by atoms with Crippen LogP contribution in [0, 0.1) is 0 Å². The van der Waals surface area contributed by atoms with Gasteiger partial charge in [0, 0.05) is 11.4 Å². The Morgan fingerprint density at radius 2 is 2.19 bits per heavy atom. The quantitative estimate of drug-likeness (QED) is 0.664. The van der Waals surface area contributed by atoms with Crippen molar-refractivity contribution in [3.63, 3.8) is 0 Å². The fourth-order valence-corrected chi connectivity index (χ4v) is 2.67. The summed E-state index contributed by atoms with van der Waals surface area (Å²) in [5.41, 5.74) is 3.96. The highest BCUT2D eigenvalue weighted by Gasteiger charge is 2.33. The molecule has 0 saturated heterocycles. The third-order valence-electron chi connectivity index (χ3n) is 2.31. The normalized spacial score (nSPS) is 11.4. The number of nitrogen functional groups attached to an aromatic ring is 1. The van der Waals surface area contributed by atoms with Crippen molar-refractivity contribution in [2.24, 2.45) is 0 Å². The van der Waals surface area contributed by atoms with Crippen molar-refractivity contribution >= 4 is 40.6 Å². The number of aromatic nitrogens is 2. The largest absolute Gasteiger partial charge is 0.418 e. The molecule has 0 aliphatic rings. The molecule has 0 saturated carbocycles. The molecule has 2 aromatic rings. The first-order chi connectivity index (χ1) is 9.86. The van der Waals surface area contributed by atoms with Crippen LogP contribution in [0.2, 0.25) is 0 Å². The zero-order chi connectivity index (χ0) is 15.5. The summed E-state index contributed by atoms with van der Waals surface area (Å²) >= 11 is 2.29.